The first-order valence-electron chi connectivity index (χ1n) is 13.7. The Balaban J connectivity index is 1.88. The van der Waals surface area contributed by atoms with Gasteiger partial charge in [0.2, 0.25) is 0 Å². The molecule has 3 rings (SSSR count). The van der Waals surface area contributed by atoms with Gasteiger partial charge in [-0.1, -0.05) is 38.1 Å². The van der Waals surface area contributed by atoms with Crippen molar-refractivity contribution in [2.75, 3.05) is 19.7 Å². The van der Waals surface area contributed by atoms with Crippen LogP contribution in [0.4, 0.5) is 4.39 Å². The molecule has 1 fully saturated rings. The third kappa shape index (κ3) is 8.85. The van der Waals surface area contributed by atoms with Crippen molar-refractivity contribution in [3.05, 3.63) is 82.4 Å². The number of esters is 1. The summed E-state index contributed by atoms with van der Waals surface area (Å²) in [5, 5.41) is 9.99. The quantitative estimate of drug-likeness (QED) is 0.184. The van der Waals surface area contributed by atoms with E-state index in [2.05, 4.69) is 24.2 Å². The molecule has 1 aliphatic rings. The number of carbonyl (C=O) groups is 1. The minimum Gasteiger partial charge on any atom is -0.493 e. The summed E-state index contributed by atoms with van der Waals surface area (Å²) >= 11 is 0. The molecule has 1 aliphatic heterocycles. The lowest BCUT2D eigenvalue weighted by molar-refractivity contribution is -0.146. The lowest BCUT2D eigenvalue weighted by Crippen LogP contribution is -2.38. The molecule has 1 saturated heterocycles. The van der Waals surface area contributed by atoms with E-state index < -0.39 is 0 Å². The van der Waals surface area contributed by atoms with Crippen LogP contribution in [0.5, 0.6) is 5.75 Å². The predicted octanol–water partition coefficient (Wildman–Crippen LogP) is 6.89. The maximum atomic E-state index is 13.1. The van der Waals surface area contributed by atoms with E-state index in [1.807, 2.05) is 52.0 Å². The summed E-state index contributed by atoms with van der Waals surface area (Å²) < 4.78 is 24.5. The molecule has 6 nitrogen and oxygen atoms in total. The molecule has 0 radical (unpaired) electrons. The molecule has 7 heteroatoms. The number of nitrogens with one attached hydrogen (secondary N) is 1. The zero-order valence-electron chi connectivity index (χ0n) is 24.1. The Morgan fingerprint density at radius 1 is 1.05 bits per heavy atom. The summed E-state index contributed by atoms with van der Waals surface area (Å²) in [6.07, 6.45) is 2.71. The van der Waals surface area contributed by atoms with Crippen molar-refractivity contribution in [2.24, 2.45) is 5.41 Å². The van der Waals surface area contributed by atoms with Crippen molar-refractivity contribution in [3.63, 3.8) is 0 Å². The Kier molecular flexibility index (Phi) is 10.6. The first kappa shape index (κ1) is 30.2. The second-order valence-electron chi connectivity index (χ2n) is 11.4. The minimum absolute atomic E-state index is 0.167. The molecule has 0 aliphatic carbocycles. The van der Waals surface area contributed by atoms with Gasteiger partial charge in [-0.25, -0.2) is 4.39 Å². The Morgan fingerprint density at radius 3 is 2.23 bits per heavy atom. The number of carbonyl (C=O) groups excluding carboxylic acids is 1. The van der Waals surface area contributed by atoms with E-state index in [0.717, 1.165) is 59.7 Å². The second-order valence-corrected chi connectivity index (χ2v) is 11.4. The van der Waals surface area contributed by atoms with E-state index in [9.17, 15) is 14.4 Å². The SMILES string of the molecule is C/C(CC(=O)OC(C)C)=C(\C(=C(\C)NO)c1ccc(OCCc2ccc(F)cc2)cc1)N1CCC(C)(C)CC1. The number of benzene rings is 2. The molecule has 2 N–H and O–H groups in total. The smallest absolute Gasteiger partial charge is 0.310 e. The first-order valence-corrected chi connectivity index (χ1v) is 13.7. The molecule has 0 atom stereocenters. The van der Waals surface area contributed by atoms with Crippen LogP contribution < -0.4 is 10.2 Å². The molecule has 0 amide bonds. The fraction of sp³-hybridized carbons (Fsp3) is 0.469. The zero-order chi connectivity index (χ0) is 28.6. The third-order valence-electron chi connectivity index (χ3n) is 7.11. The number of rotatable bonds is 11. The molecular weight excluding hydrogens is 495 g/mol. The summed E-state index contributed by atoms with van der Waals surface area (Å²) in [6.45, 7) is 14.2. The van der Waals surface area contributed by atoms with Gasteiger partial charge in [-0.15, -0.1) is 0 Å². The molecule has 1 heterocycles. The van der Waals surface area contributed by atoms with Gasteiger partial charge in [0.1, 0.15) is 11.6 Å². The standard InChI is InChI=1S/C32H43FN2O4/c1-22(2)39-29(36)21-23(3)31(35-18-16-32(5,6)17-19-35)30(24(4)34-37)26-9-13-28(14-10-26)38-20-15-25-7-11-27(33)12-8-25/h7-14,22,34,37H,15-21H2,1-6H3/b30-24-,31-23-. The highest BCUT2D eigenvalue weighted by Crippen LogP contribution is 2.38. The highest BCUT2D eigenvalue weighted by molar-refractivity contribution is 5.83. The third-order valence-corrected chi connectivity index (χ3v) is 7.11. The van der Waals surface area contributed by atoms with Gasteiger partial charge in [0, 0.05) is 36.5 Å². The van der Waals surface area contributed by atoms with E-state index in [-0.39, 0.29) is 29.7 Å². The summed E-state index contributed by atoms with van der Waals surface area (Å²) in [4.78, 5) is 15.0. The van der Waals surface area contributed by atoms with Gasteiger partial charge >= 0.3 is 5.97 Å². The van der Waals surface area contributed by atoms with Crippen molar-refractivity contribution >= 4 is 11.5 Å². The van der Waals surface area contributed by atoms with E-state index in [1.165, 1.54) is 12.1 Å². The molecule has 2 aromatic carbocycles. The van der Waals surface area contributed by atoms with Crippen LogP contribution in [0, 0.1) is 11.2 Å². The lowest BCUT2D eigenvalue weighted by Gasteiger charge is -2.41. The van der Waals surface area contributed by atoms with Gasteiger partial charge in [-0.2, -0.15) is 0 Å². The van der Waals surface area contributed by atoms with Gasteiger partial charge in [0.25, 0.3) is 0 Å². The van der Waals surface area contributed by atoms with Crippen LogP contribution in [-0.4, -0.2) is 41.9 Å². The summed E-state index contributed by atoms with van der Waals surface area (Å²) in [5.74, 6) is 0.203. The second kappa shape index (κ2) is 13.7. The van der Waals surface area contributed by atoms with E-state index in [4.69, 9.17) is 9.47 Å². The monoisotopic (exact) mass is 538 g/mol. The predicted molar refractivity (Wildman–Crippen MR) is 153 cm³/mol. The minimum atomic E-state index is -0.267. The number of likely N-dealkylation sites (tertiary alicyclic amines) is 1. The molecule has 0 bridgehead atoms. The lowest BCUT2D eigenvalue weighted by atomic mass is 9.81. The van der Waals surface area contributed by atoms with Gasteiger partial charge in [-0.05, 0) is 86.9 Å². The maximum absolute atomic E-state index is 13.1. The van der Waals surface area contributed by atoms with E-state index in [1.54, 1.807) is 12.1 Å². The number of ether oxygens (including phenoxy) is 2. The van der Waals surface area contributed by atoms with Gasteiger partial charge in [-0.3, -0.25) is 15.5 Å². The molecule has 0 aromatic heterocycles. The van der Waals surface area contributed by atoms with Crippen LogP contribution in [0.15, 0.2) is 65.5 Å². The molecule has 0 spiro atoms. The molecule has 2 aromatic rings. The summed E-state index contributed by atoms with van der Waals surface area (Å²) in [7, 11) is 0. The largest absolute Gasteiger partial charge is 0.493 e. The average molecular weight is 539 g/mol. The molecule has 0 saturated carbocycles. The zero-order valence-corrected chi connectivity index (χ0v) is 24.1. The first-order chi connectivity index (χ1) is 18.5. The normalized spacial score (nSPS) is 16.4. The van der Waals surface area contributed by atoms with Gasteiger partial charge in [0.15, 0.2) is 0 Å². The number of allylic oxidation sites excluding steroid dienone is 2. The Labute approximate surface area is 232 Å². The van der Waals surface area contributed by atoms with Crippen molar-refractivity contribution in [2.45, 2.75) is 73.3 Å². The molecule has 212 valence electrons. The topological polar surface area (TPSA) is 71.0 Å². The molecule has 39 heavy (non-hydrogen) atoms. The van der Waals surface area contributed by atoms with E-state index in [0.29, 0.717) is 18.7 Å². The van der Waals surface area contributed by atoms with Crippen LogP contribution in [0.3, 0.4) is 0 Å². The highest BCUT2D eigenvalue weighted by atomic mass is 19.1. The Morgan fingerprint density at radius 2 is 1.67 bits per heavy atom. The Bertz CT molecular complexity index is 1160. The highest BCUT2D eigenvalue weighted by Gasteiger charge is 2.30. The number of hydrogen-bond acceptors (Lipinski definition) is 6. The summed E-state index contributed by atoms with van der Waals surface area (Å²) in [5.41, 5.74) is 7.79. The summed E-state index contributed by atoms with van der Waals surface area (Å²) in [6, 6.07) is 14.2. The fourth-order valence-corrected chi connectivity index (χ4v) is 4.82. The van der Waals surface area contributed by atoms with Crippen molar-refractivity contribution in [1.82, 2.24) is 10.4 Å². The number of halogens is 1. The van der Waals surface area contributed by atoms with Crippen molar-refractivity contribution < 1.29 is 23.9 Å². The molecule has 0 unspecified atom stereocenters. The van der Waals surface area contributed by atoms with Crippen LogP contribution >= 0.6 is 0 Å². The molecular formula is C32H43FN2O4. The van der Waals surface area contributed by atoms with E-state index >= 15 is 0 Å². The van der Waals surface area contributed by atoms with Crippen molar-refractivity contribution in [1.29, 1.82) is 0 Å². The van der Waals surface area contributed by atoms with Crippen LogP contribution in [0.1, 0.15) is 71.9 Å². The number of hydrogen-bond donors (Lipinski definition) is 2. The van der Waals surface area contributed by atoms with Gasteiger partial charge < -0.3 is 14.4 Å². The number of nitrogens with zero attached hydrogens (tertiary/aromatic N) is 1. The Hall–Kier alpha value is -3.32. The van der Waals surface area contributed by atoms with Crippen LogP contribution in [-0.2, 0) is 16.0 Å². The van der Waals surface area contributed by atoms with Gasteiger partial charge in [0.05, 0.1) is 19.1 Å². The number of piperidine rings is 1. The number of hydroxylamine groups is 1. The average Bonchev–Trinajstić information content (AvgIpc) is 2.88. The fourth-order valence-electron chi connectivity index (χ4n) is 4.82. The maximum Gasteiger partial charge on any atom is 0.310 e. The van der Waals surface area contributed by atoms with Crippen LogP contribution in [0.2, 0.25) is 0 Å². The van der Waals surface area contributed by atoms with Crippen LogP contribution in [0.25, 0.3) is 5.57 Å². The van der Waals surface area contributed by atoms with Crippen molar-refractivity contribution in [3.8, 4) is 5.75 Å².